The molecule has 0 saturated carbocycles. The van der Waals surface area contributed by atoms with Gasteiger partial charge in [-0.25, -0.2) is 12.8 Å². The molecule has 0 aliphatic carbocycles. The Morgan fingerprint density at radius 3 is 2.65 bits per heavy atom. The van der Waals surface area contributed by atoms with Crippen LogP contribution in [0, 0.1) is 18.2 Å². The molecule has 0 radical (unpaired) electrons. The van der Waals surface area contributed by atoms with Crippen LogP contribution in [0.1, 0.15) is 19.4 Å². The molecule has 1 aromatic carbocycles. The normalized spacial score (nSPS) is 11.6. The third kappa shape index (κ3) is 3.79. The zero-order chi connectivity index (χ0) is 15.2. The van der Waals surface area contributed by atoms with E-state index in [1.807, 2.05) is 6.92 Å². The van der Waals surface area contributed by atoms with E-state index in [9.17, 15) is 12.8 Å². The Balaban J connectivity index is 3.28. The maximum atomic E-state index is 13.4. The second kappa shape index (κ2) is 7.39. The number of rotatable bonds is 7. The molecule has 0 aromatic heterocycles. The summed E-state index contributed by atoms with van der Waals surface area (Å²) in [5.41, 5.74) is 0.531. The van der Waals surface area contributed by atoms with E-state index in [4.69, 9.17) is 6.42 Å². The molecule has 1 N–H and O–H groups in total. The van der Waals surface area contributed by atoms with Crippen molar-refractivity contribution in [3.05, 3.63) is 29.6 Å². The van der Waals surface area contributed by atoms with Crippen LogP contribution in [-0.2, 0) is 16.6 Å². The Labute approximate surface area is 120 Å². The van der Waals surface area contributed by atoms with Gasteiger partial charge in [-0.3, -0.25) is 0 Å². The van der Waals surface area contributed by atoms with Crippen LogP contribution >= 0.6 is 0 Å². The fourth-order valence-electron chi connectivity index (χ4n) is 1.78. The van der Waals surface area contributed by atoms with E-state index < -0.39 is 15.8 Å². The van der Waals surface area contributed by atoms with Gasteiger partial charge in [-0.15, -0.1) is 6.42 Å². The van der Waals surface area contributed by atoms with Gasteiger partial charge in [-0.1, -0.05) is 25.8 Å². The molecule has 0 spiro atoms. The average molecular weight is 298 g/mol. The largest absolute Gasteiger partial charge is 0.313 e. The van der Waals surface area contributed by atoms with Gasteiger partial charge in [0.25, 0.3) is 0 Å². The molecular formula is C14H19FN2O2S. The number of halogens is 1. The molecule has 0 amide bonds. The Morgan fingerprint density at radius 1 is 1.40 bits per heavy atom. The lowest BCUT2D eigenvalue weighted by Crippen LogP contribution is -2.32. The van der Waals surface area contributed by atoms with Crippen LogP contribution in [0.3, 0.4) is 0 Å². The number of hydrogen-bond donors (Lipinski definition) is 1. The highest BCUT2D eigenvalue weighted by molar-refractivity contribution is 7.89. The van der Waals surface area contributed by atoms with Crippen LogP contribution in [0.15, 0.2) is 23.1 Å². The van der Waals surface area contributed by atoms with E-state index in [0.29, 0.717) is 18.7 Å². The molecule has 1 aromatic rings. The summed E-state index contributed by atoms with van der Waals surface area (Å²) in [7, 11) is -3.79. The minimum Gasteiger partial charge on any atom is -0.313 e. The first-order valence-corrected chi connectivity index (χ1v) is 7.84. The predicted molar refractivity (Wildman–Crippen MR) is 77.0 cm³/mol. The van der Waals surface area contributed by atoms with Crippen molar-refractivity contribution in [2.75, 3.05) is 19.6 Å². The molecule has 0 bridgehead atoms. The Morgan fingerprint density at radius 2 is 2.10 bits per heavy atom. The topological polar surface area (TPSA) is 49.4 Å². The molecule has 0 aliphatic rings. The van der Waals surface area contributed by atoms with Crippen molar-refractivity contribution in [2.24, 2.45) is 0 Å². The van der Waals surface area contributed by atoms with E-state index in [1.165, 1.54) is 12.1 Å². The Kier molecular flexibility index (Phi) is 6.14. The van der Waals surface area contributed by atoms with E-state index in [1.54, 1.807) is 6.92 Å². The Hall–Kier alpha value is -1.42. The first-order valence-electron chi connectivity index (χ1n) is 6.40. The molecule has 4 nitrogen and oxygen atoms in total. The first kappa shape index (κ1) is 16.6. The highest BCUT2D eigenvalue weighted by Gasteiger charge is 2.25. The molecule has 110 valence electrons. The zero-order valence-corrected chi connectivity index (χ0v) is 12.5. The van der Waals surface area contributed by atoms with Gasteiger partial charge in [0, 0.05) is 13.1 Å². The quantitative estimate of drug-likeness (QED) is 0.778. The second-order valence-corrected chi connectivity index (χ2v) is 6.07. The minimum absolute atomic E-state index is 0.0318. The molecule has 1 rings (SSSR count). The van der Waals surface area contributed by atoms with E-state index in [-0.39, 0.29) is 18.0 Å². The van der Waals surface area contributed by atoms with Gasteiger partial charge in [0.05, 0.1) is 11.4 Å². The van der Waals surface area contributed by atoms with Gasteiger partial charge in [0.15, 0.2) is 0 Å². The fourth-order valence-corrected chi connectivity index (χ4v) is 3.38. The summed E-state index contributed by atoms with van der Waals surface area (Å²) in [6, 6.07) is 3.78. The monoisotopic (exact) mass is 298 g/mol. The maximum Gasteiger partial charge on any atom is 0.244 e. The van der Waals surface area contributed by atoms with Crippen molar-refractivity contribution < 1.29 is 12.8 Å². The fraction of sp³-hybridized carbons (Fsp3) is 0.429. The number of benzene rings is 1. The minimum atomic E-state index is -3.79. The van der Waals surface area contributed by atoms with Gasteiger partial charge in [0.2, 0.25) is 10.0 Å². The van der Waals surface area contributed by atoms with Crippen molar-refractivity contribution >= 4 is 10.0 Å². The van der Waals surface area contributed by atoms with Crippen molar-refractivity contribution in [1.29, 1.82) is 0 Å². The number of nitrogens with zero attached hydrogens (tertiary/aromatic N) is 1. The van der Waals surface area contributed by atoms with Crippen LogP contribution in [0.5, 0.6) is 0 Å². The summed E-state index contributed by atoms with van der Waals surface area (Å²) in [5, 5.41) is 3.04. The summed E-state index contributed by atoms with van der Waals surface area (Å²) in [6.45, 7) is 4.86. The highest BCUT2D eigenvalue weighted by atomic mass is 32.2. The van der Waals surface area contributed by atoms with Crippen LogP contribution in [-0.4, -0.2) is 32.4 Å². The number of terminal acetylenes is 1. The van der Waals surface area contributed by atoms with Crippen molar-refractivity contribution in [3.8, 4) is 12.3 Å². The lowest BCUT2D eigenvalue weighted by atomic mass is 10.2. The van der Waals surface area contributed by atoms with Crippen molar-refractivity contribution in [1.82, 2.24) is 9.62 Å². The summed E-state index contributed by atoms with van der Waals surface area (Å²) in [4.78, 5) is -0.0319. The molecule has 0 aliphatic heterocycles. The second-order valence-electron chi connectivity index (χ2n) is 4.17. The van der Waals surface area contributed by atoms with Gasteiger partial charge in [0.1, 0.15) is 5.82 Å². The number of sulfonamides is 1. The molecule has 20 heavy (non-hydrogen) atoms. The summed E-state index contributed by atoms with van der Waals surface area (Å²) < 4.78 is 39.6. The predicted octanol–water partition coefficient (Wildman–Crippen LogP) is 1.58. The third-order valence-corrected chi connectivity index (χ3v) is 4.84. The molecule has 0 heterocycles. The smallest absolute Gasteiger partial charge is 0.244 e. The summed E-state index contributed by atoms with van der Waals surface area (Å²) in [5.74, 6) is 1.73. The average Bonchev–Trinajstić information content (AvgIpc) is 2.43. The van der Waals surface area contributed by atoms with Gasteiger partial charge in [-0.2, -0.15) is 4.31 Å². The van der Waals surface area contributed by atoms with E-state index in [2.05, 4.69) is 11.2 Å². The zero-order valence-electron chi connectivity index (χ0n) is 11.7. The van der Waals surface area contributed by atoms with Crippen molar-refractivity contribution in [3.63, 3.8) is 0 Å². The standard InChI is InChI=1S/C14H19FN2O2S/c1-4-9-17(6-3)20(18,19)14-10-13(15)8-7-12(14)11-16-5-2/h1,7-8,10,16H,5-6,9,11H2,2-3H3. The molecular weight excluding hydrogens is 279 g/mol. The maximum absolute atomic E-state index is 13.4. The van der Waals surface area contributed by atoms with Crippen LogP contribution in [0.2, 0.25) is 0 Å². The molecule has 0 saturated heterocycles. The number of nitrogens with one attached hydrogen (secondary N) is 1. The molecule has 0 fully saturated rings. The van der Waals surface area contributed by atoms with Gasteiger partial charge < -0.3 is 5.32 Å². The lowest BCUT2D eigenvalue weighted by Gasteiger charge is -2.20. The SMILES string of the molecule is C#CCN(CC)S(=O)(=O)c1cc(F)ccc1CNCC. The molecule has 6 heteroatoms. The molecule has 0 atom stereocenters. The Bertz CT molecular complexity index is 594. The summed E-state index contributed by atoms with van der Waals surface area (Å²) in [6.07, 6.45) is 5.19. The van der Waals surface area contributed by atoms with Crippen molar-refractivity contribution in [2.45, 2.75) is 25.3 Å². The molecule has 0 unspecified atom stereocenters. The van der Waals surface area contributed by atoms with Crippen LogP contribution in [0.4, 0.5) is 4.39 Å². The van der Waals surface area contributed by atoms with E-state index in [0.717, 1.165) is 10.4 Å². The van der Waals surface area contributed by atoms with E-state index >= 15 is 0 Å². The lowest BCUT2D eigenvalue weighted by molar-refractivity contribution is 0.462. The summed E-state index contributed by atoms with van der Waals surface area (Å²) >= 11 is 0. The van der Waals surface area contributed by atoms with Crippen LogP contribution < -0.4 is 5.32 Å². The van der Waals surface area contributed by atoms with Crippen LogP contribution in [0.25, 0.3) is 0 Å². The highest BCUT2D eigenvalue weighted by Crippen LogP contribution is 2.21. The first-order chi connectivity index (χ1) is 9.47. The number of hydrogen-bond acceptors (Lipinski definition) is 3. The van der Waals surface area contributed by atoms with Gasteiger partial charge in [-0.05, 0) is 24.2 Å². The van der Waals surface area contributed by atoms with Gasteiger partial charge >= 0.3 is 0 Å². The third-order valence-electron chi connectivity index (χ3n) is 2.83.